The van der Waals surface area contributed by atoms with E-state index < -0.39 is 17.5 Å². The normalized spacial score (nSPS) is 9.27. The van der Waals surface area contributed by atoms with Crippen LogP contribution in [0.4, 0.5) is 13.2 Å². The average molecular weight is 155 g/mol. The Bertz CT molecular complexity index is 323. The maximum Gasteiger partial charge on any atom is 0.161 e. The van der Waals surface area contributed by atoms with Crippen molar-refractivity contribution in [3.63, 3.8) is 0 Å². The lowest BCUT2D eigenvalue weighted by molar-refractivity contribution is 0.494. The first kappa shape index (κ1) is 7.67. The summed E-state index contributed by atoms with van der Waals surface area (Å²) in [5, 5.41) is 0. The third kappa shape index (κ3) is 1.35. The van der Waals surface area contributed by atoms with Crippen LogP contribution in [-0.4, -0.2) is 0 Å². The van der Waals surface area contributed by atoms with E-state index in [2.05, 4.69) is 0 Å². The summed E-state index contributed by atoms with van der Waals surface area (Å²) in [5.74, 6) is -1.80. The summed E-state index contributed by atoms with van der Waals surface area (Å²) < 4.78 is 36.9. The van der Waals surface area contributed by atoms with Gasteiger partial charge in [-0.2, -0.15) is 0 Å². The lowest BCUT2D eigenvalue weighted by Gasteiger charge is -1.94. The van der Waals surface area contributed by atoms with E-state index in [1.54, 1.807) is 5.92 Å². The molecule has 1 aromatic rings. The van der Waals surface area contributed by atoms with Crippen LogP contribution in [0.3, 0.4) is 0 Å². The predicted molar refractivity (Wildman–Crippen MR) is 32.5 cm³/mol. The molecule has 11 heavy (non-hydrogen) atoms. The van der Waals surface area contributed by atoms with Crippen LogP contribution in [0, 0.1) is 29.8 Å². The Balaban J connectivity index is 3.35. The fraction of sp³-hybridized carbons (Fsp3) is 0. The molecule has 1 aromatic carbocycles. The third-order valence-corrected chi connectivity index (χ3v) is 1.14. The molecule has 3 heteroatoms. The molecule has 0 aliphatic rings. The first-order valence-corrected chi connectivity index (χ1v) is 2.72. The highest BCUT2D eigenvalue weighted by molar-refractivity contribution is 5.32. The van der Waals surface area contributed by atoms with Crippen LogP contribution in [0.5, 0.6) is 0 Å². The topological polar surface area (TPSA) is 0 Å². The molecular weight excluding hydrogens is 153 g/mol. The molecule has 1 radical (unpaired) electrons. The number of hydrogen-bond acceptors (Lipinski definition) is 0. The second-order valence-electron chi connectivity index (χ2n) is 1.87. The Hall–Kier alpha value is -1.43. The summed E-state index contributed by atoms with van der Waals surface area (Å²) in [6.07, 6.45) is 6.47. The molecule has 0 bridgehead atoms. The summed E-state index contributed by atoms with van der Waals surface area (Å²) in [7, 11) is 0. The lowest BCUT2D eigenvalue weighted by Crippen LogP contribution is -1.90. The molecule has 0 aliphatic carbocycles. The Morgan fingerprint density at radius 3 is 2.09 bits per heavy atom. The zero-order valence-corrected chi connectivity index (χ0v) is 5.29. The Morgan fingerprint density at radius 2 is 1.55 bits per heavy atom. The van der Waals surface area contributed by atoms with E-state index in [0.29, 0.717) is 12.1 Å². The second-order valence-corrected chi connectivity index (χ2v) is 1.87. The Labute approximate surface area is 61.7 Å². The molecule has 1 rings (SSSR count). The summed E-state index contributed by atoms with van der Waals surface area (Å²) in [4.78, 5) is 0. The van der Waals surface area contributed by atoms with Gasteiger partial charge in [-0.3, -0.25) is 0 Å². The fourth-order valence-electron chi connectivity index (χ4n) is 0.618. The van der Waals surface area contributed by atoms with Gasteiger partial charge in [0, 0.05) is 6.07 Å². The summed E-state index contributed by atoms with van der Waals surface area (Å²) in [6, 6.07) is 0.962. The molecule has 55 valence electrons. The fourth-order valence-corrected chi connectivity index (χ4v) is 0.618. The van der Waals surface area contributed by atoms with Crippen molar-refractivity contribution in [2.75, 3.05) is 0 Å². The number of halogens is 3. The van der Waals surface area contributed by atoms with E-state index in [1.807, 2.05) is 0 Å². The Kier molecular flexibility index (Phi) is 1.86. The molecule has 0 saturated carbocycles. The molecule has 0 aliphatic heterocycles. The zero-order valence-electron chi connectivity index (χ0n) is 5.29. The highest BCUT2D eigenvalue weighted by Gasteiger charge is 2.06. The maximum absolute atomic E-state index is 12.4. The van der Waals surface area contributed by atoms with E-state index in [1.165, 1.54) is 0 Å². The summed E-state index contributed by atoms with van der Waals surface area (Å²) in [6.45, 7) is 0. The summed E-state index contributed by atoms with van der Waals surface area (Å²) >= 11 is 0. The smallest absolute Gasteiger partial charge is 0.161 e. The molecule has 0 amide bonds. The molecule has 0 atom stereocenters. The van der Waals surface area contributed by atoms with Crippen LogP contribution in [0.15, 0.2) is 12.1 Å². The highest BCUT2D eigenvalue weighted by Crippen LogP contribution is 2.11. The van der Waals surface area contributed by atoms with Crippen molar-refractivity contribution < 1.29 is 13.2 Å². The lowest BCUT2D eigenvalue weighted by atomic mass is 10.2. The van der Waals surface area contributed by atoms with Crippen LogP contribution < -0.4 is 0 Å². The molecular formula is C8H2F3. The summed E-state index contributed by atoms with van der Waals surface area (Å²) in [5.41, 5.74) is -0.385. The standard InChI is InChI=1S/C8H2F3/c1-2-5-3-7(10)8(11)4-6(5)9/h3-4H. The van der Waals surface area contributed by atoms with Gasteiger partial charge in [0.05, 0.1) is 5.56 Å². The third-order valence-electron chi connectivity index (χ3n) is 1.14. The highest BCUT2D eigenvalue weighted by atomic mass is 19.2. The molecule has 0 N–H and O–H groups in total. The van der Waals surface area contributed by atoms with Gasteiger partial charge in [0.1, 0.15) is 5.82 Å². The molecule has 0 fully saturated rings. The largest absolute Gasteiger partial charge is 0.206 e. The molecule has 0 unspecified atom stereocenters. The monoisotopic (exact) mass is 155 g/mol. The van der Waals surface area contributed by atoms with Gasteiger partial charge in [-0.1, -0.05) is 0 Å². The molecule has 0 aromatic heterocycles. The van der Waals surface area contributed by atoms with Gasteiger partial charge in [-0.05, 0) is 18.4 Å². The maximum atomic E-state index is 12.4. The van der Waals surface area contributed by atoms with Crippen molar-refractivity contribution in [2.24, 2.45) is 0 Å². The van der Waals surface area contributed by atoms with Crippen molar-refractivity contribution >= 4 is 0 Å². The van der Waals surface area contributed by atoms with Crippen LogP contribution in [0.2, 0.25) is 0 Å². The van der Waals surface area contributed by atoms with E-state index in [9.17, 15) is 13.2 Å². The van der Waals surface area contributed by atoms with Gasteiger partial charge in [0.25, 0.3) is 0 Å². The number of hydrogen-bond donors (Lipinski definition) is 0. The second kappa shape index (κ2) is 2.67. The molecule has 0 nitrogen and oxygen atoms in total. The van der Waals surface area contributed by atoms with Crippen LogP contribution in [-0.2, 0) is 0 Å². The van der Waals surface area contributed by atoms with Crippen LogP contribution in [0.1, 0.15) is 5.56 Å². The predicted octanol–water partition coefficient (Wildman–Crippen LogP) is 2.04. The first-order valence-electron chi connectivity index (χ1n) is 2.72. The van der Waals surface area contributed by atoms with E-state index in [4.69, 9.17) is 6.42 Å². The Morgan fingerprint density at radius 1 is 1.00 bits per heavy atom. The van der Waals surface area contributed by atoms with Gasteiger partial charge < -0.3 is 0 Å². The van der Waals surface area contributed by atoms with Gasteiger partial charge >= 0.3 is 0 Å². The van der Waals surface area contributed by atoms with E-state index in [-0.39, 0.29) is 5.56 Å². The van der Waals surface area contributed by atoms with Crippen LogP contribution >= 0.6 is 0 Å². The van der Waals surface area contributed by atoms with Crippen molar-refractivity contribution in [1.82, 2.24) is 0 Å². The number of benzene rings is 1. The average Bonchev–Trinajstić information content (AvgIpc) is 1.97. The van der Waals surface area contributed by atoms with Gasteiger partial charge in [-0.25, -0.2) is 13.2 Å². The van der Waals surface area contributed by atoms with E-state index in [0.717, 1.165) is 0 Å². The molecule has 0 saturated heterocycles. The van der Waals surface area contributed by atoms with Crippen molar-refractivity contribution in [2.45, 2.75) is 0 Å². The van der Waals surface area contributed by atoms with Gasteiger partial charge in [-0.15, -0.1) is 0 Å². The number of rotatable bonds is 0. The minimum Gasteiger partial charge on any atom is -0.206 e. The quantitative estimate of drug-likeness (QED) is 0.397. The van der Waals surface area contributed by atoms with Gasteiger partial charge in [0.15, 0.2) is 11.6 Å². The first-order chi connectivity index (χ1) is 5.15. The van der Waals surface area contributed by atoms with Crippen LogP contribution in [0.25, 0.3) is 0 Å². The zero-order chi connectivity index (χ0) is 8.43. The minimum atomic E-state index is -1.26. The molecule has 0 heterocycles. The molecule has 0 spiro atoms. The minimum absolute atomic E-state index is 0.381. The van der Waals surface area contributed by atoms with Gasteiger partial charge in [0.2, 0.25) is 0 Å². The van der Waals surface area contributed by atoms with Crippen molar-refractivity contribution in [3.8, 4) is 5.92 Å². The SMILES string of the molecule is [C]#Cc1cc(F)c(F)cc1F. The van der Waals surface area contributed by atoms with E-state index >= 15 is 0 Å². The van der Waals surface area contributed by atoms with Crippen molar-refractivity contribution in [1.29, 1.82) is 0 Å². The van der Waals surface area contributed by atoms with Crippen molar-refractivity contribution in [3.05, 3.63) is 41.6 Å².